The lowest BCUT2D eigenvalue weighted by Crippen LogP contribution is -2.17. The minimum Gasteiger partial charge on any atom is -0.491 e. The van der Waals surface area contributed by atoms with Gasteiger partial charge in [0.25, 0.3) is 0 Å². The van der Waals surface area contributed by atoms with Crippen LogP contribution in [0.25, 0.3) is 0 Å². The third-order valence-electron chi connectivity index (χ3n) is 3.23. The van der Waals surface area contributed by atoms with Crippen molar-refractivity contribution in [1.82, 2.24) is 0 Å². The van der Waals surface area contributed by atoms with Gasteiger partial charge in [-0.15, -0.1) is 0 Å². The van der Waals surface area contributed by atoms with E-state index in [0.717, 1.165) is 6.07 Å². The van der Waals surface area contributed by atoms with E-state index in [1.165, 1.54) is 18.2 Å². The van der Waals surface area contributed by atoms with Crippen LogP contribution >= 0.6 is 0 Å². The number of halogens is 3. The van der Waals surface area contributed by atoms with Crippen LogP contribution in [0.3, 0.4) is 0 Å². The smallest absolute Gasteiger partial charge is 0.418 e. The molecule has 0 spiro atoms. The monoisotopic (exact) mass is 338 g/mol. The molecular formula is C17H17F3N2O2. The van der Waals surface area contributed by atoms with Gasteiger partial charge in [-0.05, 0) is 30.7 Å². The van der Waals surface area contributed by atoms with Gasteiger partial charge in [0.1, 0.15) is 5.75 Å². The zero-order chi connectivity index (χ0) is 17.6. The molecule has 24 heavy (non-hydrogen) atoms. The molecule has 0 heterocycles. The number of para-hydroxylation sites is 3. The average Bonchev–Trinajstić information content (AvgIpc) is 2.52. The Kier molecular flexibility index (Phi) is 5.68. The first kappa shape index (κ1) is 17.7. The Morgan fingerprint density at radius 3 is 2.46 bits per heavy atom. The molecule has 0 saturated heterocycles. The lowest BCUT2D eigenvalue weighted by Gasteiger charge is -2.13. The maximum Gasteiger partial charge on any atom is 0.418 e. The van der Waals surface area contributed by atoms with Crippen LogP contribution < -0.4 is 15.8 Å². The summed E-state index contributed by atoms with van der Waals surface area (Å²) in [4.78, 5) is 11.8. The van der Waals surface area contributed by atoms with Crippen molar-refractivity contribution in [1.29, 1.82) is 0 Å². The first-order chi connectivity index (χ1) is 11.4. The Hall–Kier alpha value is -2.70. The molecule has 0 saturated carbocycles. The van der Waals surface area contributed by atoms with Crippen LogP contribution in [0, 0.1) is 0 Å². The Morgan fingerprint density at radius 2 is 1.75 bits per heavy atom. The maximum absolute atomic E-state index is 12.8. The Balaban J connectivity index is 1.83. The molecule has 2 aromatic rings. The van der Waals surface area contributed by atoms with Crippen LogP contribution in [0.4, 0.5) is 24.5 Å². The predicted octanol–water partition coefficient (Wildman–Crippen LogP) is 4.09. The van der Waals surface area contributed by atoms with Crippen molar-refractivity contribution in [3.8, 4) is 5.75 Å². The number of ether oxygens (including phenoxy) is 1. The molecule has 0 atom stereocenters. The van der Waals surface area contributed by atoms with E-state index >= 15 is 0 Å². The van der Waals surface area contributed by atoms with Gasteiger partial charge < -0.3 is 15.8 Å². The fourth-order valence-corrected chi connectivity index (χ4v) is 2.08. The molecule has 0 aliphatic heterocycles. The number of benzene rings is 2. The maximum atomic E-state index is 12.8. The predicted molar refractivity (Wildman–Crippen MR) is 85.7 cm³/mol. The average molecular weight is 338 g/mol. The Morgan fingerprint density at radius 1 is 1.08 bits per heavy atom. The van der Waals surface area contributed by atoms with Gasteiger partial charge in [0, 0.05) is 6.42 Å². The Labute approximate surface area is 137 Å². The van der Waals surface area contributed by atoms with Gasteiger partial charge in [-0.2, -0.15) is 13.2 Å². The van der Waals surface area contributed by atoms with Gasteiger partial charge >= 0.3 is 6.18 Å². The summed E-state index contributed by atoms with van der Waals surface area (Å²) in [6.45, 7) is 0.239. The molecule has 4 nitrogen and oxygen atoms in total. The molecule has 2 aromatic carbocycles. The van der Waals surface area contributed by atoms with Crippen LogP contribution in [0.15, 0.2) is 48.5 Å². The largest absolute Gasteiger partial charge is 0.491 e. The van der Waals surface area contributed by atoms with Crippen molar-refractivity contribution in [2.45, 2.75) is 19.0 Å². The SMILES string of the molecule is Nc1ccccc1OCCCC(=O)Nc1ccccc1C(F)(F)F. The van der Waals surface area contributed by atoms with Crippen LogP contribution in [-0.2, 0) is 11.0 Å². The van der Waals surface area contributed by atoms with Gasteiger partial charge in [0.2, 0.25) is 5.91 Å². The lowest BCUT2D eigenvalue weighted by molar-refractivity contribution is -0.137. The van der Waals surface area contributed by atoms with Crippen LogP contribution in [0.5, 0.6) is 5.75 Å². The van der Waals surface area contributed by atoms with E-state index in [1.807, 2.05) is 0 Å². The van der Waals surface area contributed by atoms with Crippen molar-refractivity contribution in [3.63, 3.8) is 0 Å². The molecule has 2 rings (SSSR count). The molecular weight excluding hydrogens is 321 g/mol. The van der Waals surface area contributed by atoms with Crippen molar-refractivity contribution < 1.29 is 22.7 Å². The molecule has 0 aliphatic carbocycles. The van der Waals surface area contributed by atoms with E-state index in [1.54, 1.807) is 24.3 Å². The number of carbonyl (C=O) groups is 1. The first-order valence-electron chi connectivity index (χ1n) is 7.31. The molecule has 3 N–H and O–H groups in total. The van der Waals surface area contributed by atoms with Gasteiger partial charge in [-0.1, -0.05) is 24.3 Å². The van der Waals surface area contributed by atoms with E-state index in [2.05, 4.69) is 5.32 Å². The fourth-order valence-electron chi connectivity index (χ4n) is 2.08. The van der Waals surface area contributed by atoms with E-state index in [4.69, 9.17) is 10.5 Å². The molecule has 0 bridgehead atoms. The highest BCUT2D eigenvalue weighted by molar-refractivity contribution is 5.91. The van der Waals surface area contributed by atoms with Crippen molar-refractivity contribution in [3.05, 3.63) is 54.1 Å². The van der Waals surface area contributed by atoms with Crippen LogP contribution in [-0.4, -0.2) is 12.5 Å². The number of alkyl halides is 3. The summed E-state index contributed by atoms with van der Waals surface area (Å²) in [7, 11) is 0. The second-order valence-corrected chi connectivity index (χ2v) is 5.08. The summed E-state index contributed by atoms with van der Waals surface area (Å²) >= 11 is 0. The molecule has 0 aromatic heterocycles. The molecule has 0 aliphatic rings. The first-order valence-corrected chi connectivity index (χ1v) is 7.31. The van der Waals surface area contributed by atoms with Crippen molar-refractivity contribution in [2.24, 2.45) is 0 Å². The number of nitrogen functional groups attached to an aromatic ring is 1. The van der Waals surface area contributed by atoms with E-state index < -0.39 is 17.6 Å². The molecule has 1 amide bonds. The second kappa shape index (κ2) is 7.72. The van der Waals surface area contributed by atoms with E-state index in [0.29, 0.717) is 17.9 Å². The number of carbonyl (C=O) groups excluding carboxylic acids is 1. The summed E-state index contributed by atoms with van der Waals surface area (Å²) in [6.07, 6.45) is -4.12. The molecule has 0 fully saturated rings. The number of rotatable bonds is 6. The lowest BCUT2D eigenvalue weighted by atomic mass is 10.1. The number of amides is 1. The Bertz CT molecular complexity index is 702. The highest BCUT2D eigenvalue weighted by Crippen LogP contribution is 2.34. The molecule has 7 heteroatoms. The normalized spacial score (nSPS) is 11.1. The molecule has 0 radical (unpaired) electrons. The summed E-state index contributed by atoms with van der Waals surface area (Å²) in [5.41, 5.74) is 5.08. The quantitative estimate of drug-likeness (QED) is 0.616. The third-order valence-corrected chi connectivity index (χ3v) is 3.23. The minimum absolute atomic E-state index is 0.0406. The van der Waals surface area contributed by atoms with Crippen molar-refractivity contribution >= 4 is 17.3 Å². The van der Waals surface area contributed by atoms with Gasteiger partial charge in [-0.25, -0.2) is 0 Å². The number of hydrogen-bond acceptors (Lipinski definition) is 3. The standard InChI is InChI=1S/C17H17F3N2O2/c18-17(19,20)12-6-1-3-8-14(12)22-16(23)10-5-11-24-15-9-4-2-7-13(15)21/h1-4,6-9H,5,10-11,21H2,(H,22,23). The highest BCUT2D eigenvalue weighted by Gasteiger charge is 2.33. The van der Waals surface area contributed by atoms with Gasteiger partial charge in [-0.3, -0.25) is 4.79 Å². The number of hydrogen-bond donors (Lipinski definition) is 2. The van der Waals surface area contributed by atoms with Crippen molar-refractivity contribution in [2.75, 3.05) is 17.7 Å². The zero-order valence-corrected chi connectivity index (χ0v) is 12.8. The van der Waals surface area contributed by atoms with Gasteiger partial charge in [0.15, 0.2) is 0 Å². The van der Waals surface area contributed by atoms with E-state index in [-0.39, 0.29) is 18.7 Å². The topological polar surface area (TPSA) is 64.3 Å². The number of anilines is 2. The summed E-state index contributed by atoms with van der Waals surface area (Å²) in [5, 5.41) is 2.29. The number of nitrogens with one attached hydrogen (secondary N) is 1. The third kappa shape index (κ3) is 4.91. The molecule has 0 unspecified atom stereocenters. The highest BCUT2D eigenvalue weighted by atomic mass is 19.4. The second-order valence-electron chi connectivity index (χ2n) is 5.08. The van der Waals surface area contributed by atoms with Crippen LogP contribution in [0.1, 0.15) is 18.4 Å². The summed E-state index contributed by atoms with van der Waals surface area (Å²) in [6, 6.07) is 11.8. The molecule has 128 valence electrons. The zero-order valence-electron chi connectivity index (χ0n) is 12.8. The fraction of sp³-hybridized carbons (Fsp3) is 0.235. The minimum atomic E-state index is -4.52. The number of nitrogens with two attached hydrogens (primary N) is 1. The van der Waals surface area contributed by atoms with Gasteiger partial charge in [0.05, 0.1) is 23.5 Å². The van der Waals surface area contributed by atoms with Crippen LogP contribution in [0.2, 0.25) is 0 Å². The van der Waals surface area contributed by atoms with E-state index in [9.17, 15) is 18.0 Å². The summed E-state index contributed by atoms with van der Waals surface area (Å²) in [5.74, 6) is 0.0108. The summed E-state index contributed by atoms with van der Waals surface area (Å²) < 4.78 is 44.0.